The number of ether oxygens (including phenoxy) is 3. The molecule has 0 amide bonds. The Morgan fingerprint density at radius 2 is 1.91 bits per heavy atom. The fourth-order valence-electron chi connectivity index (χ4n) is 2.33. The lowest BCUT2D eigenvalue weighted by atomic mass is 10.0. The van der Waals surface area contributed by atoms with Crippen molar-refractivity contribution in [3.8, 4) is 5.75 Å². The van der Waals surface area contributed by atoms with Gasteiger partial charge in [0.2, 0.25) is 0 Å². The molecule has 0 bridgehead atoms. The highest BCUT2D eigenvalue weighted by molar-refractivity contribution is 9.10. The predicted molar refractivity (Wildman–Crippen MR) is 85.0 cm³/mol. The minimum absolute atomic E-state index is 0.0764. The number of methoxy groups -OCH3 is 1. The van der Waals surface area contributed by atoms with Gasteiger partial charge < -0.3 is 14.2 Å². The molecule has 2 aromatic rings. The molecule has 1 aliphatic heterocycles. The van der Waals surface area contributed by atoms with E-state index in [0.29, 0.717) is 11.3 Å². The Hall–Kier alpha value is -1.69. The highest BCUT2D eigenvalue weighted by Gasteiger charge is 2.47. The molecule has 1 fully saturated rings. The zero-order valence-corrected chi connectivity index (χ0v) is 13.6. The highest BCUT2D eigenvalue weighted by Crippen LogP contribution is 2.44. The van der Waals surface area contributed by atoms with Gasteiger partial charge in [0.25, 0.3) is 0 Å². The number of para-hydroxylation sites is 1. The molecule has 0 N–H and O–H groups in total. The second-order valence-corrected chi connectivity index (χ2v) is 5.76. The summed E-state index contributed by atoms with van der Waals surface area (Å²) in [7, 11) is 1.54. The van der Waals surface area contributed by atoms with Crippen molar-refractivity contribution in [2.45, 2.75) is 12.2 Å². The maximum Gasteiger partial charge on any atom is 0.198 e. The van der Waals surface area contributed by atoms with Crippen molar-refractivity contribution in [3.63, 3.8) is 0 Å². The summed E-state index contributed by atoms with van der Waals surface area (Å²) in [5.41, 5.74) is 1.50. The summed E-state index contributed by atoms with van der Waals surface area (Å²) in [5, 5.41) is 0. The summed E-state index contributed by atoms with van der Waals surface area (Å²) in [6.07, 6.45) is -0.676. The molecule has 114 valence electrons. The van der Waals surface area contributed by atoms with E-state index in [-0.39, 0.29) is 18.7 Å². The van der Waals surface area contributed by atoms with Crippen LogP contribution in [0, 0.1) is 0 Å². The molecule has 0 radical (unpaired) electrons. The molecule has 3 rings (SSSR count). The first-order valence-corrected chi connectivity index (χ1v) is 7.66. The van der Waals surface area contributed by atoms with E-state index < -0.39 is 6.10 Å². The molecule has 0 aliphatic carbocycles. The molecule has 2 atom stereocenters. The maximum absolute atomic E-state index is 12.6. The number of ketones is 1. The molecular weight excluding hydrogens is 348 g/mol. The second-order valence-electron chi connectivity index (χ2n) is 4.91. The predicted octanol–water partition coefficient (Wildman–Crippen LogP) is 3.75. The first-order valence-electron chi connectivity index (χ1n) is 6.87. The minimum Gasteiger partial charge on any atom is -0.467 e. The van der Waals surface area contributed by atoms with E-state index in [1.807, 2.05) is 36.4 Å². The number of carbonyl (C=O) groups excluding carboxylic acids is 1. The number of carbonyl (C=O) groups is 1. The first kappa shape index (κ1) is 15.2. The van der Waals surface area contributed by atoms with Crippen molar-refractivity contribution < 1.29 is 19.0 Å². The molecule has 0 aromatic heterocycles. The van der Waals surface area contributed by atoms with Crippen LogP contribution in [0.25, 0.3) is 0 Å². The third-order valence-electron chi connectivity index (χ3n) is 3.45. The van der Waals surface area contributed by atoms with Crippen LogP contribution in [-0.4, -0.2) is 25.8 Å². The van der Waals surface area contributed by atoms with Crippen LogP contribution in [0.4, 0.5) is 0 Å². The third kappa shape index (κ3) is 3.06. The summed E-state index contributed by atoms with van der Waals surface area (Å²) < 4.78 is 16.9. The number of halogens is 1. The van der Waals surface area contributed by atoms with E-state index in [9.17, 15) is 4.79 Å². The van der Waals surface area contributed by atoms with Crippen molar-refractivity contribution >= 4 is 21.7 Å². The summed E-state index contributed by atoms with van der Waals surface area (Å²) in [6.45, 7) is 0.101. The molecule has 0 spiro atoms. The van der Waals surface area contributed by atoms with Gasteiger partial charge in [-0.2, -0.15) is 0 Å². The van der Waals surface area contributed by atoms with Crippen LogP contribution in [0.15, 0.2) is 53.0 Å². The maximum atomic E-state index is 12.6. The van der Waals surface area contributed by atoms with Crippen LogP contribution in [0.1, 0.15) is 22.0 Å². The van der Waals surface area contributed by atoms with Crippen molar-refractivity contribution in [2.75, 3.05) is 13.9 Å². The number of hydrogen-bond acceptors (Lipinski definition) is 4. The number of hydrogen-bond donors (Lipinski definition) is 0. The van der Waals surface area contributed by atoms with Gasteiger partial charge in [0.15, 0.2) is 18.7 Å². The van der Waals surface area contributed by atoms with Gasteiger partial charge in [-0.05, 0) is 23.8 Å². The highest BCUT2D eigenvalue weighted by atomic mass is 79.9. The van der Waals surface area contributed by atoms with Crippen molar-refractivity contribution in [1.82, 2.24) is 0 Å². The molecule has 1 heterocycles. The number of Topliss-reactive ketones (excluding diaryl/α,β-unsaturated/α-hetero) is 1. The van der Waals surface area contributed by atoms with Crippen LogP contribution in [-0.2, 0) is 9.47 Å². The third-order valence-corrected chi connectivity index (χ3v) is 4.17. The first-order chi connectivity index (χ1) is 10.7. The normalized spacial score (nSPS) is 19.7. The number of benzene rings is 2. The topological polar surface area (TPSA) is 48.1 Å². The van der Waals surface area contributed by atoms with Crippen LogP contribution in [0.5, 0.6) is 5.75 Å². The van der Waals surface area contributed by atoms with Crippen LogP contribution < -0.4 is 4.74 Å². The van der Waals surface area contributed by atoms with E-state index in [4.69, 9.17) is 14.2 Å². The lowest BCUT2D eigenvalue weighted by Crippen LogP contribution is -2.11. The Labute approximate surface area is 137 Å². The van der Waals surface area contributed by atoms with Gasteiger partial charge in [-0.15, -0.1) is 0 Å². The smallest absolute Gasteiger partial charge is 0.198 e. The average Bonchev–Trinajstić information content (AvgIpc) is 3.33. The Morgan fingerprint density at radius 3 is 2.68 bits per heavy atom. The summed E-state index contributed by atoms with van der Waals surface area (Å²) in [5.74, 6) is 0.434. The quantitative estimate of drug-likeness (QED) is 0.446. The van der Waals surface area contributed by atoms with Gasteiger partial charge in [0.1, 0.15) is 11.9 Å². The molecule has 22 heavy (non-hydrogen) atoms. The molecule has 5 heteroatoms. The zero-order valence-electron chi connectivity index (χ0n) is 12.0. The van der Waals surface area contributed by atoms with Gasteiger partial charge in [-0.3, -0.25) is 4.79 Å². The Morgan fingerprint density at radius 1 is 1.18 bits per heavy atom. The Bertz CT molecular complexity index is 686. The lowest BCUT2D eigenvalue weighted by molar-refractivity contribution is 0.0501. The van der Waals surface area contributed by atoms with E-state index in [1.54, 1.807) is 12.1 Å². The van der Waals surface area contributed by atoms with Crippen molar-refractivity contribution in [2.24, 2.45) is 0 Å². The molecule has 2 aromatic carbocycles. The number of epoxide rings is 1. The molecule has 1 aliphatic rings. The van der Waals surface area contributed by atoms with Crippen molar-refractivity contribution in [3.05, 3.63) is 64.1 Å². The van der Waals surface area contributed by atoms with Crippen LogP contribution in [0.2, 0.25) is 0 Å². The molecular formula is C17H15BrO4. The van der Waals surface area contributed by atoms with E-state index >= 15 is 0 Å². The Balaban J connectivity index is 1.78. The molecule has 4 nitrogen and oxygen atoms in total. The van der Waals surface area contributed by atoms with Gasteiger partial charge in [0.05, 0.1) is 5.56 Å². The summed E-state index contributed by atoms with van der Waals surface area (Å²) in [4.78, 5) is 12.6. The van der Waals surface area contributed by atoms with Gasteiger partial charge in [-0.25, -0.2) is 0 Å². The number of rotatable bonds is 6. The lowest BCUT2D eigenvalue weighted by Gasteiger charge is -2.08. The fraction of sp³-hybridized carbons (Fsp3) is 0.235. The van der Waals surface area contributed by atoms with Gasteiger partial charge in [0, 0.05) is 11.6 Å². The molecule has 1 saturated heterocycles. The monoisotopic (exact) mass is 362 g/mol. The standard InChI is InChI=1S/C17H15BrO4/c1-20-10-21-14-9-5-3-7-12(14)15(19)17-16(22-17)11-6-2-4-8-13(11)18/h2-9,16-17H,10H2,1H3. The largest absolute Gasteiger partial charge is 0.467 e. The molecule has 2 unspecified atom stereocenters. The second kappa shape index (κ2) is 6.60. The van der Waals surface area contributed by atoms with Gasteiger partial charge >= 0.3 is 0 Å². The molecule has 0 saturated carbocycles. The average molecular weight is 363 g/mol. The minimum atomic E-state index is -0.467. The SMILES string of the molecule is COCOc1ccccc1C(=O)C1OC1c1ccccc1Br. The van der Waals surface area contributed by atoms with E-state index in [0.717, 1.165) is 10.0 Å². The van der Waals surface area contributed by atoms with Crippen molar-refractivity contribution in [1.29, 1.82) is 0 Å². The van der Waals surface area contributed by atoms with Crippen LogP contribution in [0.3, 0.4) is 0 Å². The summed E-state index contributed by atoms with van der Waals surface area (Å²) >= 11 is 3.49. The van der Waals surface area contributed by atoms with Gasteiger partial charge in [-0.1, -0.05) is 46.3 Å². The van der Waals surface area contributed by atoms with Crippen LogP contribution >= 0.6 is 15.9 Å². The zero-order chi connectivity index (χ0) is 15.5. The fourth-order valence-corrected chi connectivity index (χ4v) is 2.84. The summed E-state index contributed by atoms with van der Waals surface area (Å²) in [6, 6.07) is 14.9. The Kier molecular flexibility index (Phi) is 4.57. The van der Waals surface area contributed by atoms with E-state index in [2.05, 4.69) is 15.9 Å². The van der Waals surface area contributed by atoms with E-state index in [1.165, 1.54) is 7.11 Å².